The minimum atomic E-state index is -0.542. The average Bonchev–Trinajstić information content (AvgIpc) is 2.74. The maximum absolute atomic E-state index is 10.9. The lowest BCUT2D eigenvalue weighted by molar-refractivity contribution is -0.133. The van der Waals surface area contributed by atoms with Crippen LogP contribution in [0.25, 0.3) is 0 Å². The fourth-order valence-electron chi connectivity index (χ4n) is 1.60. The molecule has 0 amide bonds. The molecule has 1 aromatic carbocycles. The van der Waals surface area contributed by atoms with Crippen molar-refractivity contribution in [3.63, 3.8) is 0 Å². The number of nitrogens with zero attached hydrogens (tertiary/aromatic N) is 1. The largest absolute Gasteiger partial charge is 0.459 e. The van der Waals surface area contributed by atoms with Crippen LogP contribution in [0.3, 0.4) is 0 Å². The number of H-pyrrole nitrogens is 2. The molecule has 0 bridgehead atoms. The zero-order valence-corrected chi connectivity index (χ0v) is 9.98. The van der Waals surface area contributed by atoms with Crippen molar-refractivity contribution >= 4 is 18.1 Å². The van der Waals surface area contributed by atoms with E-state index in [-0.39, 0.29) is 6.42 Å². The van der Waals surface area contributed by atoms with Crippen LogP contribution in [0.2, 0.25) is 5.02 Å². The summed E-state index contributed by atoms with van der Waals surface area (Å²) in [5, 5.41) is 6.56. The number of ether oxygens (including phenoxy) is 1. The van der Waals surface area contributed by atoms with Crippen LogP contribution in [0, 0.1) is 0 Å². The van der Waals surface area contributed by atoms with Gasteiger partial charge in [0.1, 0.15) is 11.9 Å². The van der Waals surface area contributed by atoms with Gasteiger partial charge in [0.25, 0.3) is 6.47 Å². The van der Waals surface area contributed by atoms with Gasteiger partial charge in [0, 0.05) is 11.4 Å². The quantitative estimate of drug-likeness (QED) is 0.797. The summed E-state index contributed by atoms with van der Waals surface area (Å²) in [6.45, 7) is 0.357. The molecule has 94 valence electrons. The molecule has 0 radical (unpaired) electrons. The standard InChI is InChI=1S/C11H10ClN3O3/c12-8-3-1-2-7(4-8)9(18-6-16)5-10-13-11(17)15-14-10/h1-4,6,9H,5H2,(H2,13,14,15,17). The molecule has 1 heterocycles. The first kappa shape index (κ1) is 12.4. The van der Waals surface area contributed by atoms with Gasteiger partial charge in [-0.1, -0.05) is 23.7 Å². The topological polar surface area (TPSA) is 87.8 Å². The Balaban J connectivity index is 2.22. The molecule has 0 fully saturated rings. The van der Waals surface area contributed by atoms with Crippen molar-refractivity contribution in [1.29, 1.82) is 0 Å². The third kappa shape index (κ3) is 2.98. The monoisotopic (exact) mass is 267 g/mol. The molecule has 6 nitrogen and oxygen atoms in total. The number of rotatable bonds is 5. The maximum atomic E-state index is 10.9. The Kier molecular flexibility index (Phi) is 3.78. The summed E-state index contributed by atoms with van der Waals surface area (Å²) in [4.78, 5) is 23.9. The Bertz CT molecular complexity index is 593. The normalized spacial score (nSPS) is 12.1. The van der Waals surface area contributed by atoms with Crippen LogP contribution in [-0.2, 0) is 16.0 Å². The first-order valence-corrected chi connectivity index (χ1v) is 5.55. The number of aromatic amines is 2. The first-order valence-electron chi connectivity index (χ1n) is 5.17. The Hall–Kier alpha value is -2.08. The number of benzene rings is 1. The SMILES string of the molecule is O=COC(Cc1n[nH]c(=O)[nH]1)c1cccc(Cl)c1. The summed E-state index contributed by atoms with van der Waals surface area (Å²) in [5.74, 6) is 0.409. The van der Waals surface area contributed by atoms with E-state index >= 15 is 0 Å². The highest BCUT2D eigenvalue weighted by Gasteiger charge is 2.15. The van der Waals surface area contributed by atoms with E-state index in [4.69, 9.17) is 16.3 Å². The van der Waals surface area contributed by atoms with Crippen LogP contribution in [0.15, 0.2) is 29.1 Å². The molecular formula is C11H10ClN3O3. The predicted octanol–water partition coefficient (Wildman–Crippen LogP) is 1.21. The highest BCUT2D eigenvalue weighted by molar-refractivity contribution is 6.30. The Morgan fingerprint density at radius 2 is 2.33 bits per heavy atom. The second kappa shape index (κ2) is 5.50. The molecule has 2 rings (SSSR count). The molecule has 7 heteroatoms. The molecule has 2 aromatic rings. The third-order valence-electron chi connectivity index (χ3n) is 2.37. The number of halogens is 1. The summed E-state index contributed by atoms with van der Waals surface area (Å²) in [7, 11) is 0. The van der Waals surface area contributed by atoms with Crippen molar-refractivity contribution in [2.45, 2.75) is 12.5 Å². The van der Waals surface area contributed by atoms with Crippen LogP contribution >= 0.6 is 11.6 Å². The molecule has 0 saturated heterocycles. The van der Waals surface area contributed by atoms with E-state index in [9.17, 15) is 9.59 Å². The molecule has 18 heavy (non-hydrogen) atoms. The smallest absolute Gasteiger partial charge is 0.340 e. The van der Waals surface area contributed by atoms with E-state index in [2.05, 4.69) is 15.2 Å². The van der Waals surface area contributed by atoms with Crippen molar-refractivity contribution in [3.05, 3.63) is 51.2 Å². The van der Waals surface area contributed by atoms with Crippen LogP contribution in [-0.4, -0.2) is 21.7 Å². The molecule has 0 aliphatic heterocycles. The van der Waals surface area contributed by atoms with Crippen molar-refractivity contribution in [2.24, 2.45) is 0 Å². The van der Waals surface area contributed by atoms with Crippen LogP contribution in [0.1, 0.15) is 17.5 Å². The van der Waals surface area contributed by atoms with Gasteiger partial charge in [0.15, 0.2) is 0 Å². The zero-order chi connectivity index (χ0) is 13.0. The molecule has 1 unspecified atom stereocenters. The van der Waals surface area contributed by atoms with E-state index in [0.717, 1.165) is 5.56 Å². The minimum Gasteiger partial charge on any atom is -0.459 e. The fraction of sp³-hybridized carbons (Fsp3) is 0.182. The van der Waals surface area contributed by atoms with Gasteiger partial charge in [-0.2, -0.15) is 5.10 Å². The summed E-state index contributed by atoms with van der Waals surface area (Å²) >= 11 is 5.87. The summed E-state index contributed by atoms with van der Waals surface area (Å²) in [6, 6.07) is 6.96. The molecule has 0 aliphatic carbocycles. The number of carbonyl (C=O) groups is 1. The molecule has 1 atom stereocenters. The van der Waals surface area contributed by atoms with Gasteiger partial charge in [0.2, 0.25) is 0 Å². The van der Waals surface area contributed by atoms with E-state index in [1.165, 1.54) is 0 Å². The fourth-order valence-corrected chi connectivity index (χ4v) is 1.79. The summed E-state index contributed by atoms with van der Waals surface area (Å²) < 4.78 is 4.98. The second-order valence-corrected chi connectivity index (χ2v) is 4.04. The molecule has 0 spiro atoms. The maximum Gasteiger partial charge on any atom is 0.340 e. The molecular weight excluding hydrogens is 258 g/mol. The lowest BCUT2D eigenvalue weighted by Crippen LogP contribution is -2.09. The molecule has 0 saturated carbocycles. The minimum absolute atomic E-state index is 0.262. The lowest BCUT2D eigenvalue weighted by atomic mass is 10.1. The first-order chi connectivity index (χ1) is 8.69. The van der Waals surface area contributed by atoms with Crippen molar-refractivity contribution in [1.82, 2.24) is 15.2 Å². The van der Waals surface area contributed by atoms with E-state index in [1.807, 2.05) is 0 Å². The van der Waals surface area contributed by atoms with Gasteiger partial charge < -0.3 is 4.74 Å². The van der Waals surface area contributed by atoms with Crippen molar-refractivity contribution < 1.29 is 9.53 Å². The van der Waals surface area contributed by atoms with E-state index in [1.54, 1.807) is 24.3 Å². The number of aromatic nitrogens is 3. The Labute approximate surface area is 107 Å². The van der Waals surface area contributed by atoms with Crippen LogP contribution in [0.4, 0.5) is 0 Å². The highest BCUT2D eigenvalue weighted by atomic mass is 35.5. The van der Waals surface area contributed by atoms with Crippen molar-refractivity contribution in [2.75, 3.05) is 0 Å². The predicted molar refractivity (Wildman–Crippen MR) is 64.3 cm³/mol. The Morgan fingerprint density at radius 1 is 1.50 bits per heavy atom. The molecule has 2 N–H and O–H groups in total. The number of carbonyl (C=O) groups excluding carboxylic acids is 1. The van der Waals surface area contributed by atoms with Crippen LogP contribution in [0.5, 0.6) is 0 Å². The zero-order valence-electron chi connectivity index (χ0n) is 9.22. The van der Waals surface area contributed by atoms with Gasteiger partial charge in [-0.05, 0) is 17.7 Å². The summed E-state index contributed by atoms with van der Waals surface area (Å²) in [5.41, 5.74) is 0.333. The molecule has 0 aliphatic rings. The van der Waals surface area contributed by atoms with Gasteiger partial charge >= 0.3 is 5.69 Å². The second-order valence-electron chi connectivity index (χ2n) is 3.60. The number of hydrogen-bond donors (Lipinski definition) is 2. The Morgan fingerprint density at radius 3 is 2.94 bits per heavy atom. The van der Waals surface area contributed by atoms with E-state index in [0.29, 0.717) is 17.3 Å². The van der Waals surface area contributed by atoms with Gasteiger partial charge in [-0.25, -0.2) is 9.89 Å². The van der Waals surface area contributed by atoms with Crippen LogP contribution < -0.4 is 5.69 Å². The number of nitrogens with one attached hydrogen (secondary N) is 2. The number of hydrogen-bond acceptors (Lipinski definition) is 4. The van der Waals surface area contributed by atoms with E-state index < -0.39 is 11.8 Å². The van der Waals surface area contributed by atoms with Crippen molar-refractivity contribution in [3.8, 4) is 0 Å². The summed E-state index contributed by atoms with van der Waals surface area (Å²) in [6.07, 6.45) is -0.280. The lowest BCUT2D eigenvalue weighted by Gasteiger charge is -2.14. The molecule has 1 aromatic heterocycles. The third-order valence-corrected chi connectivity index (χ3v) is 2.60. The average molecular weight is 268 g/mol. The van der Waals surface area contributed by atoms with Gasteiger partial charge in [-0.3, -0.25) is 9.78 Å². The highest BCUT2D eigenvalue weighted by Crippen LogP contribution is 2.22. The van der Waals surface area contributed by atoms with Gasteiger partial charge in [0.05, 0.1) is 0 Å². The van der Waals surface area contributed by atoms with Gasteiger partial charge in [-0.15, -0.1) is 0 Å².